The van der Waals surface area contributed by atoms with E-state index in [4.69, 9.17) is 11.6 Å². The first-order valence-electron chi connectivity index (χ1n) is 7.63. The highest BCUT2D eigenvalue weighted by Gasteiger charge is 2.48. The topological polar surface area (TPSA) is 29.0 Å². The van der Waals surface area contributed by atoms with Gasteiger partial charge in [0.2, 0.25) is 0 Å². The summed E-state index contributed by atoms with van der Waals surface area (Å²) in [5.41, 5.74) is 2.50. The van der Waals surface area contributed by atoms with E-state index < -0.39 is 0 Å². The quantitative estimate of drug-likeness (QED) is 0.861. The average Bonchev–Trinajstić information content (AvgIpc) is 2.40. The molecule has 3 nitrogen and oxygen atoms in total. The predicted molar refractivity (Wildman–Crippen MR) is 84.7 cm³/mol. The van der Waals surface area contributed by atoms with Crippen molar-refractivity contribution < 1.29 is 4.39 Å². The predicted octanol–water partition coefficient (Wildman–Crippen LogP) is 3.85. The summed E-state index contributed by atoms with van der Waals surface area (Å²) in [4.78, 5) is 10.9. The monoisotopic (exact) mass is 317 g/mol. The molecule has 0 amide bonds. The van der Waals surface area contributed by atoms with Gasteiger partial charge < -0.3 is 4.90 Å². The van der Waals surface area contributed by atoms with Crippen molar-refractivity contribution in [1.82, 2.24) is 9.97 Å². The number of hydrogen-bond donors (Lipinski definition) is 0. The van der Waals surface area contributed by atoms with Gasteiger partial charge in [0, 0.05) is 41.7 Å². The highest BCUT2D eigenvalue weighted by Crippen LogP contribution is 2.49. The van der Waals surface area contributed by atoms with Crippen molar-refractivity contribution in [1.29, 1.82) is 0 Å². The fraction of sp³-hybridized carbons (Fsp3) is 0.412. The molecule has 2 heterocycles. The number of hydrogen-bond acceptors (Lipinski definition) is 3. The molecule has 2 fully saturated rings. The standard InChI is InChI=1S/C17H17ClFN3/c18-15-7-14(19)3-2-12(15)6-13-8-20-11-21-16(13)22-9-17(10-22)4-1-5-17/h2-3,7-8,11H,1,4-6,9-10H2. The maximum absolute atomic E-state index is 13.2. The molecule has 1 saturated carbocycles. The first-order chi connectivity index (χ1) is 10.7. The van der Waals surface area contributed by atoms with Crippen molar-refractivity contribution in [3.8, 4) is 0 Å². The van der Waals surface area contributed by atoms with Crippen LogP contribution in [-0.4, -0.2) is 23.1 Å². The largest absolute Gasteiger partial charge is 0.355 e. The second kappa shape index (κ2) is 5.20. The van der Waals surface area contributed by atoms with E-state index in [0.717, 1.165) is 30.0 Å². The summed E-state index contributed by atoms with van der Waals surface area (Å²) in [5, 5.41) is 0.453. The van der Waals surface area contributed by atoms with E-state index >= 15 is 0 Å². The third-order valence-electron chi connectivity index (χ3n) is 4.93. The zero-order valence-corrected chi connectivity index (χ0v) is 13.0. The van der Waals surface area contributed by atoms with E-state index in [-0.39, 0.29) is 5.82 Å². The number of halogens is 2. The van der Waals surface area contributed by atoms with Gasteiger partial charge >= 0.3 is 0 Å². The minimum absolute atomic E-state index is 0.312. The van der Waals surface area contributed by atoms with Gasteiger partial charge in [0.05, 0.1) is 0 Å². The Morgan fingerprint density at radius 3 is 2.73 bits per heavy atom. The lowest BCUT2D eigenvalue weighted by Gasteiger charge is -2.56. The summed E-state index contributed by atoms with van der Waals surface area (Å²) >= 11 is 6.14. The van der Waals surface area contributed by atoms with Crippen molar-refractivity contribution >= 4 is 17.4 Å². The van der Waals surface area contributed by atoms with E-state index in [1.165, 1.54) is 31.4 Å². The third-order valence-corrected chi connectivity index (χ3v) is 5.28. The highest BCUT2D eigenvalue weighted by atomic mass is 35.5. The summed E-state index contributed by atoms with van der Waals surface area (Å²) in [6, 6.07) is 4.53. The van der Waals surface area contributed by atoms with Gasteiger partial charge in [-0.3, -0.25) is 0 Å². The number of anilines is 1. The van der Waals surface area contributed by atoms with Gasteiger partial charge in [-0.2, -0.15) is 0 Å². The molecular weight excluding hydrogens is 301 g/mol. The van der Waals surface area contributed by atoms with Crippen LogP contribution in [-0.2, 0) is 6.42 Å². The fourth-order valence-corrected chi connectivity index (χ4v) is 3.77. The number of rotatable bonds is 3. The minimum Gasteiger partial charge on any atom is -0.355 e. The number of aromatic nitrogens is 2. The van der Waals surface area contributed by atoms with Crippen molar-refractivity contribution in [2.75, 3.05) is 18.0 Å². The fourth-order valence-electron chi connectivity index (χ4n) is 3.54. The summed E-state index contributed by atoms with van der Waals surface area (Å²) in [7, 11) is 0. The van der Waals surface area contributed by atoms with Gasteiger partial charge in [0.25, 0.3) is 0 Å². The molecule has 5 heteroatoms. The van der Waals surface area contributed by atoms with Crippen LogP contribution in [0.3, 0.4) is 0 Å². The van der Waals surface area contributed by atoms with Crippen LogP contribution < -0.4 is 4.90 Å². The van der Waals surface area contributed by atoms with Gasteiger partial charge in [0.1, 0.15) is 18.0 Å². The second-order valence-corrected chi connectivity index (χ2v) is 6.90. The van der Waals surface area contributed by atoms with Gasteiger partial charge in [-0.15, -0.1) is 0 Å². The Bertz CT molecular complexity index is 707. The molecule has 114 valence electrons. The van der Waals surface area contributed by atoms with Crippen LogP contribution in [0.25, 0.3) is 0 Å². The molecule has 4 rings (SSSR count). The second-order valence-electron chi connectivity index (χ2n) is 6.49. The van der Waals surface area contributed by atoms with Gasteiger partial charge in [0.15, 0.2) is 0 Å². The van der Waals surface area contributed by atoms with Crippen LogP contribution in [0.4, 0.5) is 10.2 Å². The van der Waals surface area contributed by atoms with E-state index in [9.17, 15) is 4.39 Å². The number of nitrogens with zero attached hydrogens (tertiary/aromatic N) is 3. The normalized spacial score (nSPS) is 18.9. The molecule has 2 aliphatic rings. The SMILES string of the molecule is Fc1ccc(Cc2cncnc2N2CC3(CCC3)C2)c(Cl)c1. The minimum atomic E-state index is -0.312. The third kappa shape index (κ3) is 2.35. The molecule has 1 saturated heterocycles. The van der Waals surface area contributed by atoms with Crippen LogP contribution in [0.15, 0.2) is 30.7 Å². The Morgan fingerprint density at radius 1 is 1.23 bits per heavy atom. The molecule has 0 unspecified atom stereocenters. The lowest BCUT2D eigenvalue weighted by atomic mass is 9.63. The Kier molecular flexibility index (Phi) is 3.30. The van der Waals surface area contributed by atoms with Gasteiger partial charge in [-0.25, -0.2) is 14.4 Å². The van der Waals surface area contributed by atoms with E-state index in [1.54, 1.807) is 12.4 Å². The van der Waals surface area contributed by atoms with Crippen molar-refractivity contribution in [2.24, 2.45) is 5.41 Å². The molecule has 0 atom stereocenters. The van der Waals surface area contributed by atoms with Crippen molar-refractivity contribution in [3.05, 3.63) is 52.7 Å². The Labute approximate surface area is 134 Å². The van der Waals surface area contributed by atoms with Crippen LogP contribution in [0.5, 0.6) is 0 Å². The van der Waals surface area contributed by atoms with Crippen LogP contribution in [0.2, 0.25) is 5.02 Å². The zero-order chi connectivity index (χ0) is 15.2. The summed E-state index contributed by atoms with van der Waals surface area (Å²) in [5.74, 6) is 0.681. The molecule has 0 bridgehead atoms. The van der Waals surface area contributed by atoms with E-state index in [0.29, 0.717) is 16.9 Å². The molecule has 0 N–H and O–H groups in total. The molecule has 1 aliphatic heterocycles. The average molecular weight is 318 g/mol. The van der Waals surface area contributed by atoms with Crippen molar-refractivity contribution in [3.63, 3.8) is 0 Å². The van der Waals surface area contributed by atoms with Gasteiger partial charge in [-0.05, 0) is 30.5 Å². The number of benzene rings is 1. The van der Waals surface area contributed by atoms with Gasteiger partial charge in [-0.1, -0.05) is 24.1 Å². The van der Waals surface area contributed by atoms with Crippen LogP contribution >= 0.6 is 11.6 Å². The Balaban J connectivity index is 1.57. The maximum atomic E-state index is 13.2. The summed E-state index contributed by atoms with van der Waals surface area (Å²) in [6.07, 6.45) is 8.10. The van der Waals surface area contributed by atoms with Crippen LogP contribution in [0.1, 0.15) is 30.4 Å². The molecule has 0 radical (unpaired) electrons. The molecular formula is C17H17ClFN3. The molecule has 2 aromatic rings. The van der Waals surface area contributed by atoms with E-state index in [1.807, 2.05) is 6.20 Å². The highest BCUT2D eigenvalue weighted by molar-refractivity contribution is 6.31. The summed E-state index contributed by atoms with van der Waals surface area (Å²) in [6.45, 7) is 2.18. The summed E-state index contributed by atoms with van der Waals surface area (Å²) < 4.78 is 13.2. The smallest absolute Gasteiger partial charge is 0.135 e. The van der Waals surface area contributed by atoms with E-state index in [2.05, 4.69) is 14.9 Å². The molecule has 1 aliphatic carbocycles. The first kappa shape index (κ1) is 13.9. The molecule has 22 heavy (non-hydrogen) atoms. The maximum Gasteiger partial charge on any atom is 0.135 e. The lowest BCUT2D eigenvalue weighted by Crippen LogP contribution is -2.60. The Morgan fingerprint density at radius 2 is 2.05 bits per heavy atom. The molecule has 1 aromatic heterocycles. The lowest BCUT2D eigenvalue weighted by molar-refractivity contribution is 0.0894. The van der Waals surface area contributed by atoms with Crippen molar-refractivity contribution in [2.45, 2.75) is 25.7 Å². The molecule has 1 aromatic carbocycles. The first-order valence-corrected chi connectivity index (χ1v) is 8.01. The zero-order valence-electron chi connectivity index (χ0n) is 12.2. The Hall–Kier alpha value is -1.68. The van der Waals surface area contributed by atoms with Crippen LogP contribution in [0, 0.1) is 11.2 Å². The molecule has 1 spiro atoms.